The lowest BCUT2D eigenvalue weighted by atomic mass is 10.1. The third-order valence-corrected chi connectivity index (χ3v) is 5.35. The Bertz CT molecular complexity index is 957. The summed E-state index contributed by atoms with van der Waals surface area (Å²) >= 11 is 11.6. The fourth-order valence-corrected chi connectivity index (χ4v) is 3.95. The van der Waals surface area contributed by atoms with Gasteiger partial charge >= 0.3 is 0 Å². The first-order valence-electron chi connectivity index (χ1n) is 7.10. The van der Waals surface area contributed by atoms with Gasteiger partial charge in [0.1, 0.15) is 11.5 Å². The maximum absolute atomic E-state index is 13.7. The summed E-state index contributed by atoms with van der Waals surface area (Å²) in [6.07, 6.45) is 0.509. The Morgan fingerprint density at radius 3 is 2.36 bits per heavy atom. The second-order valence-corrected chi connectivity index (χ2v) is 8.24. The normalized spacial score (nSPS) is 11.6. The standard InChI is InChI=1S/C15H16Cl2FN3O3S/c1-8-15(9(2)20(3)19-8)21(25(4,23)24)14(22)6-10-5-13(18)12(17)7-11(10)16/h5,7H,6H2,1-4H3. The van der Waals surface area contributed by atoms with E-state index in [0.717, 1.165) is 12.3 Å². The van der Waals surface area contributed by atoms with E-state index in [9.17, 15) is 17.6 Å². The number of anilines is 1. The molecule has 2 aromatic rings. The average molecular weight is 408 g/mol. The van der Waals surface area contributed by atoms with Crippen molar-refractivity contribution in [1.82, 2.24) is 9.78 Å². The molecule has 2 rings (SSSR count). The van der Waals surface area contributed by atoms with Crippen LogP contribution in [0.1, 0.15) is 17.0 Å². The SMILES string of the molecule is Cc1nn(C)c(C)c1N(C(=O)Cc1cc(F)c(Cl)cc1Cl)S(C)(=O)=O. The van der Waals surface area contributed by atoms with E-state index in [1.807, 2.05) is 0 Å². The third kappa shape index (κ3) is 3.96. The molecule has 0 bridgehead atoms. The second kappa shape index (κ2) is 6.93. The zero-order valence-electron chi connectivity index (χ0n) is 14.0. The van der Waals surface area contributed by atoms with E-state index >= 15 is 0 Å². The minimum Gasteiger partial charge on any atom is -0.273 e. The van der Waals surface area contributed by atoms with E-state index in [1.165, 1.54) is 10.7 Å². The topological polar surface area (TPSA) is 72.3 Å². The van der Waals surface area contributed by atoms with E-state index < -0.39 is 28.2 Å². The molecule has 1 heterocycles. The van der Waals surface area contributed by atoms with E-state index in [1.54, 1.807) is 20.9 Å². The lowest BCUT2D eigenvalue weighted by Crippen LogP contribution is -2.38. The third-order valence-electron chi connectivity index (χ3n) is 3.66. The molecule has 0 radical (unpaired) electrons. The van der Waals surface area contributed by atoms with Crippen molar-refractivity contribution < 1.29 is 17.6 Å². The molecule has 0 unspecified atom stereocenters. The van der Waals surface area contributed by atoms with E-state index in [0.29, 0.717) is 15.7 Å². The maximum Gasteiger partial charge on any atom is 0.245 e. The Labute approximate surface area is 155 Å². The van der Waals surface area contributed by atoms with Gasteiger partial charge in [-0.25, -0.2) is 17.1 Å². The molecule has 0 atom stereocenters. The Morgan fingerprint density at radius 2 is 1.88 bits per heavy atom. The highest BCUT2D eigenvalue weighted by molar-refractivity contribution is 7.92. The Balaban J connectivity index is 2.50. The summed E-state index contributed by atoms with van der Waals surface area (Å²) in [4.78, 5) is 12.7. The largest absolute Gasteiger partial charge is 0.273 e. The van der Waals surface area contributed by atoms with Crippen LogP contribution in [0.3, 0.4) is 0 Å². The number of aryl methyl sites for hydroxylation is 2. The zero-order chi connectivity index (χ0) is 19.1. The van der Waals surface area contributed by atoms with E-state index in [-0.39, 0.29) is 21.3 Å². The molecule has 1 amide bonds. The number of hydrogen-bond donors (Lipinski definition) is 0. The van der Waals surface area contributed by atoms with Crippen LogP contribution in [0.5, 0.6) is 0 Å². The molecule has 25 heavy (non-hydrogen) atoms. The monoisotopic (exact) mass is 407 g/mol. The molecule has 0 fully saturated rings. The molecular formula is C15H16Cl2FN3O3S. The summed E-state index contributed by atoms with van der Waals surface area (Å²) in [6.45, 7) is 3.25. The van der Waals surface area contributed by atoms with Crippen molar-refractivity contribution in [2.45, 2.75) is 20.3 Å². The zero-order valence-corrected chi connectivity index (χ0v) is 16.3. The number of rotatable bonds is 4. The highest BCUT2D eigenvalue weighted by Gasteiger charge is 2.31. The fraction of sp³-hybridized carbons (Fsp3) is 0.333. The van der Waals surface area contributed by atoms with Crippen LogP contribution in [0, 0.1) is 19.7 Å². The van der Waals surface area contributed by atoms with E-state index in [2.05, 4.69) is 5.10 Å². The molecule has 10 heteroatoms. The van der Waals surface area contributed by atoms with Gasteiger partial charge in [-0.05, 0) is 31.5 Å². The van der Waals surface area contributed by atoms with Crippen LogP contribution in [-0.2, 0) is 28.3 Å². The summed E-state index contributed by atoms with van der Waals surface area (Å²) in [6, 6.07) is 2.19. The molecule has 1 aromatic heterocycles. The van der Waals surface area contributed by atoms with Gasteiger partial charge in [0.05, 0.1) is 29.1 Å². The predicted octanol–water partition coefficient (Wildman–Crippen LogP) is 3.02. The van der Waals surface area contributed by atoms with Crippen LogP contribution in [0.4, 0.5) is 10.1 Å². The molecule has 0 aliphatic heterocycles. The van der Waals surface area contributed by atoms with Crippen LogP contribution in [0.15, 0.2) is 12.1 Å². The summed E-state index contributed by atoms with van der Waals surface area (Å²) in [5, 5.41) is 4.03. The Hall–Kier alpha value is -1.64. The molecule has 0 N–H and O–H groups in total. The van der Waals surface area contributed by atoms with Gasteiger partial charge in [0, 0.05) is 12.1 Å². The number of carbonyl (C=O) groups is 1. The van der Waals surface area contributed by atoms with Crippen molar-refractivity contribution in [2.24, 2.45) is 7.05 Å². The number of halogens is 3. The first-order valence-corrected chi connectivity index (χ1v) is 9.70. The molecule has 0 aliphatic rings. The molecule has 0 saturated carbocycles. The van der Waals surface area contributed by atoms with Crippen LogP contribution in [0.2, 0.25) is 10.0 Å². The molecular weight excluding hydrogens is 392 g/mol. The highest BCUT2D eigenvalue weighted by Crippen LogP contribution is 2.29. The Morgan fingerprint density at radius 1 is 1.28 bits per heavy atom. The first kappa shape index (κ1) is 19.7. The van der Waals surface area contributed by atoms with Crippen LogP contribution in [-0.4, -0.2) is 30.4 Å². The van der Waals surface area contributed by atoms with Crippen molar-refractivity contribution in [3.8, 4) is 0 Å². The van der Waals surface area contributed by atoms with Crippen LogP contribution in [0.25, 0.3) is 0 Å². The first-order chi connectivity index (χ1) is 11.4. The fourth-order valence-electron chi connectivity index (χ4n) is 2.47. The highest BCUT2D eigenvalue weighted by atomic mass is 35.5. The summed E-state index contributed by atoms with van der Waals surface area (Å²) in [7, 11) is -2.29. The number of hydrogen-bond acceptors (Lipinski definition) is 4. The smallest absolute Gasteiger partial charge is 0.245 e. The van der Waals surface area contributed by atoms with Gasteiger partial charge in [0.2, 0.25) is 15.9 Å². The van der Waals surface area contributed by atoms with Gasteiger partial charge in [-0.1, -0.05) is 23.2 Å². The number of amides is 1. The second-order valence-electron chi connectivity index (χ2n) is 5.60. The van der Waals surface area contributed by atoms with Crippen molar-refractivity contribution in [3.05, 3.63) is 44.9 Å². The minimum atomic E-state index is -3.93. The molecule has 1 aromatic carbocycles. The Kier molecular flexibility index (Phi) is 5.46. The molecule has 0 aliphatic carbocycles. The quantitative estimate of drug-likeness (QED) is 0.730. The van der Waals surface area contributed by atoms with Gasteiger partial charge in [-0.3, -0.25) is 9.48 Å². The molecule has 0 saturated heterocycles. The maximum atomic E-state index is 13.7. The number of aromatic nitrogens is 2. The molecule has 0 spiro atoms. The minimum absolute atomic E-state index is 0.0767. The van der Waals surface area contributed by atoms with Gasteiger partial charge in [-0.15, -0.1) is 0 Å². The molecule has 136 valence electrons. The summed E-state index contributed by atoms with van der Waals surface area (Å²) < 4.78 is 40.2. The number of nitrogens with zero attached hydrogens (tertiary/aromatic N) is 3. The number of carbonyl (C=O) groups excluding carboxylic acids is 1. The van der Waals surface area contributed by atoms with Gasteiger partial charge in [0.25, 0.3) is 0 Å². The lowest BCUT2D eigenvalue weighted by Gasteiger charge is -2.21. The average Bonchev–Trinajstić information content (AvgIpc) is 2.70. The van der Waals surface area contributed by atoms with Gasteiger partial charge in [0.15, 0.2) is 0 Å². The van der Waals surface area contributed by atoms with Crippen molar-refractivity contribution in [2.75, 3.05) is 10.6 Å². The summed E-state index contributed by atoms with van der Waals surface area (Å²) in [5.74, 6) is -1.51. The van der Waals surface area contributed by atoms with Crippen molar-refractivity contribution in [1.29, 1.82) is 0 Å². The number of benzene rings is 1. The molecule has 6 nitrogen and oxygen atoms in total. The van der Waals surface area contributed by atoms with Gasteiger partial charge in [-0.2, -0.15) is 5.10 Å². The predicted molar refractivity (Wildman–Crippen MR) is 95.1 cm³/mol. The van der Waals surface area contributed by atoms with E-state index in [4.69, 9.17) is 23.2 Å². The van der Waals surface area contributed by atoms with Gasteiger partial charge < -0.3 is 0 Å². The lowest BCUT2D eigenvalue weighted by molar-refractivity contribution is -0.116. The number of sulfonamides is 1. The summed E-state index contributed by atoms with van der Waals surface area (Å²) in [5.41, 5.74) is 1.21. The van der Waals surface area contributed by atoms with Crippen LogP contribution < -0.4 is 4.31 Å². The van der Waals surface area contributed by atoms with Crippen molar-refractivity contribution >= 4 is 44.8 Å². The van der Waals surface area contributed by atoms with Crippen molar-refractivity contribution in [3.63, 3.8) is 0 Å². The van der Waals surface area contributed by atoms with Crippen LogP contribution >= 0.6 is 23.2 Å².